The van der Waals surface area contributed by atoms with Crippen LogP contribution in [0.4, 0.5) is 0 Å². The molecule has 0 fully saturated rings. The van der Waals surface area contributed by atoms with E-state index in [-0.39, 0.29) is 0 Å². The molecule has 0 radical (unpaired) electrons. The Kier molecular flexibility index (Phi) is 7.85. The third-order valence-corrected chi connectivity index (χ3v) is 13.5. The molecule has 11 aromatic rings. The van der Waals surface area contributed by atoms with Gasteiger partial charge in [-0.2, -0.15) is 0 Å². The SMILES string of the molecule is c1ccc(-c2cccc(-c3cc(-c4ccc(-c5ccc6cc7c(cc6c5)C5(c6ccccc6-c6ccccc65)c5ccc6ccccc6c5-7)cc4)nc(-c4ccccc4)n3)c2)cc1. The summed E-state index contributed by atoms with van der Waals surface area (Å²) >= 11 is 0. The van der Waals surface area contributed by atoms with Crippen LogP contribution < -0.4 is 0 Å². The minimum atomic E-state index is -0.411. The van der Waals surface area contributed by atoms with Crippen molar-refractivity contribution in [2.45, 2.75) is 5.41 Å². The van der Waals surface area contributed by atoms with Crippen LogP contribution in [0.2, 0.25) is 0 Å². The highest BCUT2D eigenvalue weighted by Crippen LogP contribution is 2.64. The van der Waals surface area contributed by atoms with Crippen LogP contribution in [0.3, 0.4) is 0 Å². The predicted octanol–water partition coefficient (Wildman–Crippen LogP) is 15.5. The summed E-state index contributed by atoms with van der Waals surface area (Å²) in [5, 5.41) is 5.05. The van der Waals surface area contributed by atoms with Gasteiger partial charge in [-0.3, -0.25) is 0 Å². The number of rotatable bonds is 5. The molecule has 0 amide bonds. The Morgan fingerprint density at radius 3 is 1.59 bits per heavy atom. The quantitative estimate of drug-likeness (QED) is 0.173. The Morgan fingerprint density at radius 2 is 0.825 bits per heavy atom. The zero-order chi connectivity index (χ0) is 41.5. The molecule has 0 N–H and O–H groups in total. The number of benzene rings is 10. The van der Waals surface area contributed by atoms with Gasteiger partial charge in [0.15, 0.2) is 5.82 Å². The largest absolute Gasteiger partial charge is 0.228 e. The lowest BCUT2D eigenvalue weighted by Gasteiger charge is -2.30. The Hall–Kier alpha value is -8.20. The van der Waals surface area contributed by atoms with Crippen molar-refractivity contribution in [2.24, 2.45) is 0 Å². The van der Waals surface area contributed by atoms with Gasteiger partial charge in [0.25, 0.3) is 0 Å². The first-order chi connectivity index (χ1) is 31.2. The average molecular weight is 799 g/mol. The summed E-state index contributed by atoms with van der Waals surface area (Å²) < 4.78 is 0. The molecule has 2 nitrogen and oxygen atoms in total. The molecule has 1 spiro atoms. The monoisotopic (exact) mass is 798 g/mol. The molecular formula is C61H38N2. The molecule has 13 rings (SSSR count). The third-order valence-electron chi connectivity index (χ3n) is 13.5. The van der Waals surface area contributed by atoms with E-state index in [2.05, 4.69) is 212 Å². The molecule has 10 aromatic carbocycles. The summed E-state index contributed by atoms with van der Waals surface area (Å²) in [6.07, 6.45) is 0. The zero-order valence-electron chi connectivity index (χ0n) is 34.3. The lowest BCUT2D eigenvalue weighted by molar-refractivity contribution is 0.795. The molecule has 63 heavy (non-hydrogen) atoms. The van der Waals surface area contributed by atoms with Crippen LogP contribution in [0.15, 0.2) is 231 Å². The molecule has 292 valence electrons. The van der Waals surface area contributed by atoms with Crippen molar-refractivity contribution in [3.8, 4) is 78.4 Å². The maximum absolute atomic E-state index is 5.15. The van der Waals surface area contributed by atoms with Crippen molar-refractivity contribution < 1.29 is 0 Å². The van der Waals surface area contributed by atoms with E-state index in [1.807, 2.05) is 18.2 Å². The van der Waals surface area contributed by atoms with Gasteiger partial charge in [0.1, 0.15) is 0 Å². The third kappa shape index (κ3) is 5.45. The lowest BCUT2D eigenvalue weighted by atomic mass is 9.70. The fraction of sp³-hybridized carbons (Fsp3) is 0.0164. The van der Waals surface area contributed by atoms with E-state index in [4.69, 9.17) is 9.97 Å². The standard InChI is InChI=1S/C61H38N2/c1-3-14-39(15-4-1)44-19-13-20-47(34-44)58-38-57(62-60(63-58)43-17-5-2-6-18-43)42-28-26-40(27-29-42)45-30-31-46-36-52-56(37-48(46)35-45)61(55-33-32-41-16-7-8-21-49(41)59(52)55)53-24-11-9-22-50(53)51-23-10-12-25-54(51)61/h1-38H. The van der Waals surface area contributed by atoms with Gasteiger partial charge in [0, 0.05) is 16.7 Å². The summed E-state index contributed by atoms with van der Waals surface area (Å²) in [5.41, 5.74) is 19.9. The summed E-state index contributed by atoms with van der Waals surface area (Å²) in [4.78, 5) is 10.3. The second kappa shape index (κ2) is 13.9. The molecule has 0 saturated heterocycles. The van der Waals surface area contributed by atoms with Crippen molar-refractivity contribution in [1.29, 1.82) is 0 Å². The van der Waals surface area contributed by atoms with Gasteiger partial charge in [0.05, 0.1) is 16.8 Å². The predicted molar refractivity (Wildman–Crippen MR) is 261 cm³/mol. The van der Waals surface area contributed by atoms with E-state index >= 15 is 0 Å². The van der Waals surface area contributed by atoms with E-state index < -0.39 is 5.41 Å². The highest BCUT2D eigenvalue weighted by atomic mass is 14.9. The number of hydrogen-bond donors (Lipinski definition) is 0. The normalized spacial score (nSPS) is 12.9. The molecule has 2 heteroatoms. The summed E-state index contributed by atoms with van der Waals surface area (Å²) in [7, 11) is 0. The van der Waals surface area contributed by atoms with Crippen molar-refractivity contribution in [3.05, 3.63) is 253 Å². The highest BCUT2D eigenvalue weighted by Gasteiger charge is 2.52. The molecule has 0 saturated carbocycles. The van der Waals surface area contributed by atoms with Crippen molar-refractivity contribution in [1.82, 2.24) is 9.97 Å². The Bertz CT molecular complexity index is 3560. The van der Waals surface area contributed by atoms with Crippen LogP contribution >= 0.6 is 0 Å². The van der Waals surface area contributed by atoms with Gasteiger partial charge < -0.3 is 0 Å². The smallest absolute Gasteiger partial charge is 0.160 e. The Labute approximate surface area is 366 Å². The lowest BCUT2D eigenvalue weighted by Crippen LogP contribution is -2.25. The molecular weight excluding hydrogens is 761 g/mol. The molecule has 0 bridgehead atoms. The first-order valence-electron chi connectivity index (χ1n) is 21.7. The first kappa shape index (κ1) is 35.5. The van der Waals surface area contributed by atoms with Crippen LogP contribution in [-0.2, 0) is 5.41 Å². The van der Waals surface area contributed by atoms with Crippen molar-refractivity contribution >= 4 is 21.5 Å². The van der Waals surface area contributed by atoms with E-state index in [0.717, 1.165) is 39.2 Å². The van der Waals surface area contributed by atoms with E-state index in [9.17, 15) is 0 Å². The minimum absolute atomic E-state index is 0.411. The van der Waals surface area contributed by atoms with Gasteiger partial charge in [-0.15, -0.1) is 0 Å². The molecule has 1 aromatic heterocycles. The second-order valence-electron chi connectivity index (χ2n) is 16.9. The zero-order valence-corrected chi connectivity index (χ0v) is 34.3. The van der Waals surface area contributed by atoms with E-state index in [0.29, 0.717) is 5.82 Å². The fourth-order valence-corrected chi connectivity index (χ4v) is 10.6. The van der Waals surface area contributed by atoms with Crippen molar-refractivity contribution in [2.75, 3.05) is 0 Å². The van der Waals surface area contributed by atoms with Gasteiger partial charge in [-0.1, -0.05) is 200 Å². The van der Waals surface area contributed by atoms with E-state index in [1.165, 1.54) is 77.2 Å². The minimum Gasteiger partial charge on any atom is -0.228 e. The Morgan fingerprint density at radius 1 is 0.270 bits per heavy atom. The molecule has 2 aliphatic carbocycles. The van der Waals surface area contributed by atoms with Crippen LogP contribution in [0, 0.1) is 0 Å². The molecule has 1 heterocycles. The van der Waals surface area contributed by atoms with Crippen LogP contribution in [0.5, 0.6) is 0 Å². The molecule has 0 aliphatic heterocycles. The van der Waals surface area contributed by atoms with Gasteiger partial charge in [0.2, 0.25) is 0 Å². The average Bonchev–Trinajstić information content (AvgIpc) is 3.83. The second-order valence-corrected chi connectivity index (χ2v) is 16.9. The molecule has 0 unspecified atom stereocenters. The first-order valence-corrected chi connectivity index (χ1v) is 21.7. The van der Waals surface area contributed by atoms with Crippen LogP contribution in [0.1, 0.15) is 22.3 Å². The number of hydrogen-bond acceptors (Lipinski definition) is 2. The van der Waals surface area contributed by atoms with Gasteiger partial charge in [-0.25, -0.2) is 9.97 Å². The highest BCUT2D eigenvalue weighted by molar-refractivity contribution is 6.09. The van der Waals surface area contributed by atoms with Crippen molar-refractivity contribution in [3.63, 3.8) is 0 Å². The topological polar surface area (TPSA) is 25.8 Å². The maximum atomic E-state index is 5.15. The van der Waals surface area contributed by atoms with Gasteiger partial charge >= 0.3 is 0 Å². The van der Waals surface area contributed by atoms with E-state index in [1.54, 1.807) is 0 Å². The van der Waals surface area contributed by atoms with Crippen LogP contribution in [-0.4, -0.2) is 9.97 Å². The number of nitrogens with zero attached hydrogens (tertiary/aromatic N) is 2. The summed E-state index contributed by atoms with van der Waals surface area (Å²) in [5.74, 6) is 0.708. The Balaban J connectivity index is 0.930. The fourth-order valence-electron chi connectivity index (χ4n) is 10.6. The summed E-state index contributed by atoms with van der Waals surface area (Å²) in [6.45, 7) is 0. The maximum Gasteiger partial charge on any atom is 0.160 e. The summed E-state index contributed by atoms with van der Waals surface area (Å²) in [6, 6.07) is 84.0. The number of aromatic nitrogens is 2. The van der Waals surface area contributed by atoms with Gasteiger partial charge in [-0.05, 0) is 119 Å². The van der Waals surface area contributed by atoms with Crippen LogP contribution in [0.25, 0.3) is 100.0 Å². The number of fused-ring (bicyclic) bond motifs is 13. The molecule has 2 aliphatic rings. The molecule has 0 atom stereocenters.